The van der Waals surface area contributed by atoms with Gasteiger partial charge in [0.25, 0.3) is 5.91 Å². The van der Waals surface area contributed by atoms with E-state index in [2.05, 4.69) is 27.6 Å². The summed E-state index contributed by atoms with van der Waals surface area (Å²) in [5.74, 6) is 0.487. The van der Waals surface area contributed by atoms with Crippen molar-refractivity contribution < 1.29 is 28.7 Å². The fraction of sp³-hybridized carbons (Fsp3) is 0.514. The molecule has 0 radical (unpaired) electrons. The van der Waals surface area contributed by atoms with Gasteiger partial charge in [-0.3, -0.25) is 9.69 Å². The van der Waals surface area contributed by atoms with Gasteiger partial charge in [-0.2, -0.15) is 0 Å². The van der Waals surface area contributed by atoms with Crippen molar-refractivity contribution in [3.63, 3.8) is 0 Å². The maximum Gasteiger partial charge on any atom is 0.323 e. The first-order valence-electron chi connectivity index (χ1n) is 16.3. The molecule has 13 heteroatoms. The van der Waals surface area contributed by atoms with Crippen LogP contribution in [0.5, 0.6) is 5.75 Å². The number of rotatable bonds is 8. The van der Waals surface area contributed by atoms with Crippen LogP contribution in [0.4, 0.5) is 16.2 Å². The third kappa shape index (κ3) is 10.1. The van der Waals surface area contributed by atoms with Gasteiger partial charge in [-0.1, -0.05) is 41.3 Å². The van der Waals surface area contributed by atoms with Crippen LogP contribution in [-0.4, -0.2) is 83.6 Å². The summed E-state index contributed by atoms with van der Waals surface area (Å²) >= 11 is 12.4. The highest BCUT2D eigenvalue weighted by molar-refractivity contribution is 6.42. The van der Waals surface area contributed by atoms with E-state index in [0.717, 1.165) is 24.8 Å². The highest BCUT2D eigenvalue weighted by atomic mass is 35.5. The molecule has 262 valence electrons. The molecule has 0 fully saturated rings. The van der Waals surface area contributed by atoms with Gasteiger partial charge in [0, 0.05) is 37.8 Å². The lowest BCUT2D eigenvalue weighted by molar-refractivity contribution is -0.0177. The van der Waals surface area contributed by atoms with E-state index >= 15 is 0 Å². The van der Waals surface area contributed by atoms with E-state index in [4.69, 9.17) is 37.2 Å². The molecule has 1 aliphatic rings. The molecule has 0 saturated heterocycles. The summed E-state index contributed by atoms with van der Waals surface area (Å²) in [5.41, 5.74) is 2.75. The predicted molar refractivity (Wildman–Crippen MR) is 188 cm³/mol. The summed E-state index contributed by atoms with van der Waals surface area (Å²) in [6, 6.07) is 9.63. The Morgan fingerprint density at radius 3 is 2.58 bits per heavy atom. The number of carbonyl (C=O) groups excluding carboxylic acids is 2. The number of fused-ring (bicyclic) bond motifs is 1. The topological polar surface area (TPSA) is 129 Å². The number of urea groups is 1. The zero-order valence-corrected chi connectivity index (χ0v) is 30.0. The molecule has 2 aromatic carbocycles. The second-order valence-corrected chi connectivity index (χ2v) is 13.5. The highest BCUT2D eigenvalue weighted by Gasteiger charge is 2.30. The molecule has 1 aromatic heterocycles. The monoisotopic (exact) mass is 703 g/mol. The fourth-order valence-corrected chi connectivity index (χ4v) is 6.04. The largest absolute Gasteiger partial charge is 0.490 e. The summed E-state index contributed by atoms with van der Waals surface area (Å²) in [6.45, 7) is 11.2. The molecule has 4 rings (SSSR count). The summed E-state index contributed by atoms with van der Waals surface area (Å²) < 4.78 is 17.9. The standard InChI is InChI=1S/C35H47Cl2N5O6/c1-21-17-42(22(2)20-43)34(44)28-16-27(38-35(45)39-33-24(4)40-48-25(33)5)11-13-31(28)47-23(3)9-7-8-14-46-32(21)19-41(6)18-26-10-12-29(36)30(37)15-26/h10-13,15-16,21-23,32,43H,7-9,14,17-20H2,1-6H3,(H2,38,39,45)/t21-,22+,23+,32+/m1/s1. The second kappa shape index (κ2) is 17.3. The van der Waals surface area contributed by atoms with Crippen LogP contribution >= 0.6 is 23.2 Å². The number of halogens is 2. The van der Waals surface area contributed by atoms with E-state index in [1.165, 1.54) is 0 Å². The molecule has 2 heterocycles. The summed E-state index contributed by atoms with van der Waals surface area (Å²) in [5, 5.41) is 20.7. The maximum atomic E-state index is 14.4. The van der Waals surface area contributed by atoms with Gasteiger partial charge in [-0.15, -0.1) is 0 Å². The van der Waals surface area contributed by atoms with E-state index < -0.39 is 12.1 Å². The number of ether oxygens (including phenoxy) is 2. The first-order chi connectivity index (χ1) is 22.9. The van der Waals surface area contributed by atoms with Crippen molar-refractivity contribution in [2.24, 2.45) is 5.92 Å². The second-order valence-electron chi connectivity index (χ2n) is 12.7. The minimum atomic E-state index is -0.508. The van der Waals surface area contributed by atoms with E-state index in [9.17, 15) is 14.7 Å². The molecule has 4 atom stereocenters. The van der Waals surface area contributed by atoms with Crippen molar-refractivity contribution in [2.75, 3.05) is 44.0 Å². The molecule has 3 aromatic rings. The third-order valence-electron chi connectivity index (χ3n) is 8.51. The number of hydrogen-bond acceptors (Lipinski definition) is 8. The Kier molecular flexibility index (Phi) is 13.5. The van der Waals surface area contributed by atoms with E-state index in [1.54, 1.807) is 43.0 Å². The van der Waals surface area contributed by atoms with Gasteiger partial charge in [0.2, 0.25) is 0 Å². The lowest BCUT2D eigenvalue weighted by Crippen LogP contribution is -2.47. The molecular weight excluding hydrogens is 657 g/mol. The Bertz CT molecular complexity index is 1530. The molecule has 3 amide bonds. The number of amides is 3. The molecule has 0 saturated carbocycles. The average Bonchev–Trinajstić information content (AvgIpc) is 3.36. The zero-order chi connectivity index (χ0) is 35.0. The Balaban J connectivity index is 1.59. The zero-order valence-electron chi connectivity index (χ0n) is 28.5. The average molecular weight is 705 g/mol. The normalized spacial score (nSPS) is 20.1. The van der Waals surface area contributed by atoms with Crippen LogP contribution in [0.3, 0.4) is 0 Å². The number of nitrogens with one attached hydrogen (secondary N) is 2. The van der Waals surface area contributed by atoms with E-state index in [1.807, 2.05) is 33.0 Å². The lowest BCUT2D eigenvalue weighted by Gasteiger charge is -2.36. The Morgan fingerprint density at radius 2 is 1.90 bits per heavy atom. The number of benzene rings is 2. The summed E-state index contributed by atoms with van der Waals surface area (Å²) in [7, 11) is 2.02. The fourth-order valence-electron chi connectivity index (χ4n) is 5.72. The summed E-state index contributed by atoms with van der Waals surface area (Å²) in [4.78, 5) is 31.1. The van der Waals surface area contributed by atoms with Crippen LogP contribution in [0.1, 0.15) is 67.4 Å². The van der Waals surface area contributed by atoms with E-state index in [-0.39, 0.29) is 36.2 Å². The van der Waals surface area contributed by atoms with Crippen LogP contribution in [0.25, 0.3) is 0 Å². The van der Waals surface area contributed by atoms with Crippen molar-refractivity contribution in [3.05, 3.63) is 69.0 Å². The van der Waals surface area contributed by atoms with Crippen molar-refractivity contribution in [2.45, 2.75) is 78.7 Å². The number of aryl methyl sites for hydroxylation is 2. The van der Waals surface area contributed by atoms with Gasteiger partial charge in [0.1, 0.15) is 17.1 Å². The molecular formula is C35H47Cl2N5O6. The summed E-state index contributed by atoms with van der Waals surface area (Å²) in [6.07, 6.45) is 2.15. The van der Waals surface area contributed by atoms with Gasteiger partial charge in [0.05, 0.1) is 40.5 Å². The third-order valence-corrected chi connectivity index (χ3v) is 9.25. The van der Waals surface area contributed by atoms with Crippen LogP contribution in [-0.2, 0) is 11.3 Å². The molecule has 0 spiro atoms. The smallest absolute Gasteiger partial charge is 0.323 e. The quantitative estimate of drug-likeness (QED) is 0.225. The lowest BCUT2D eigenvalue weighted by atomic mass is 10.0. The minimum absolute atomic E-state index is 0.0902. The Morgan fingerprint density at radius 1 is 1.12 bits per heavy atom. The van der Waals surface area contributed by atoms with Crippen LogP contribution in [0, 0.1) is 19.8 Å². The van der Waals surface area contributed by atoms with Crippen LogP contribution in [0.15, 0.2) is 40.9 Å². The first-order valence-corrected chi connectivity index (χ1v) is 17.1. The number of anilines is 2. The number of nitrogens with zero attached hydrogens (tertiary/aromatic N) is 3. The van der Waals surface area contributed by atoms with Crippen molar-refractivity contribution >= 4 is 46.5 Å². The highest BCUT2D eigenvalue weighted by Crippen LogP contribution is 2.29. The van der Waals surface area contributed by atoms with Gasteiger partial charge < -0.3 is 34.6 Å². The molecule has 48 heavy (non-hydrogen) atoms. The molecule has 11 nitrogen and oxygen atoms in total. The molecule has 3 N–H and O–H groups in total. The minimum Gasteiger partial charge on any atom is -0.490 e. The SMILES string of the molecule is Cc1noc(C)c1NC(=O)Nc1ccc2c(c1)C(=O)N([C@@H](C)CO)C[C@@H](C)[C@H](CN(C)Cc1ccc(Cl)c(Cl)c1)OCCCC[C@H](C)O2. The van der Waals surface area contributed by atoms with Crippen LogP contribution < -0.4 is 15.4 Å². The van der Waals surface area contributed by atoms with Crippen molar-refractivity contribution in [1.82, 2.24) is 15.0 Å². The Hall–Kier alpha value is -3.35. The van der Waals surface area contributed by atoms with Gasteiger partial charge in [-0.05, 0) is 89.9 Å². The number of likely N-dealkylation sites (N-methyl/N-ethyl adjacent to an activating group) is 1. The molecule has 1 aliphatic heterocycles. The number of aliphatic hydroxyl groups excluding tert-OH is 1. The van der Waals surface area contributed by atoms with Gasteiger partial charge in [-0.25, -0.2) is 4.79 Å². The van der Waals surface area contributed by atoms with Crippen molar-refractivity contribution in [1.29, 1.82) is 0 Å². The van der Waals surface area contributed by atoms with Crippen molar-refractivity contribution in [3.8, 4) is 5.75 Å². The van der Waals surface area contributed by atoms with Gasteiger partial charge >= 0.3 is 6.03 Å². The van der Waals surface area contributed by atoms with E-state index in [0.29, 0.717) is 64.9 Å². The van der Waals surface area contributed by atoms with Gasteiger partial charge in [0.15, 0.2) is 5.76 Å². The van der Waals surface area contributed by atoms with Crippen LogP contribution in [0.2, 0.25) is 10.0 Å². The number of aliphatic hydroxyl groups is 1. The number of aromatic nitrogens is 1. The molecule has 0 unspecified atom stereocenters. The first kappa shape index (κ1) is 37.5. The number of carbonyl (C=O) groups is 2. The molecule has 0 bridgehead atoms. The molecule has 0 aliphatic carbocycles. The maximum absolute atomic E-state index is 14.4. The predicted octanol–water partition coefficient (Wildman–Crippen LogP) is 7.17. The number of hydrogen-bond donors (Lipinski definition) is 3. The Labute approximate surface area is 292 Å².